The summed E-state index contributed by atoms with van der Waals surface area (Å²) < 4.78 is 11.3. The van der Waals surface area contributed by atoms with Crippen LogP contribution in [0.2, 0.25) is 0 Å². The molecule has 4 rings (SSSR count). The van der Waals surface area contributed by atoms with Crippen LogP contribution in [0.1, 0.15) is 24.5 Å². The molecule has 2 aromatic rings. The first-order valence-electron chi connectivity index (χ1n) is 8.87. The fourth-order valence-electron chi connectivity index (χ4n) is 3.52. The van der Waals surface area contributed by atoms with E-state index in [1.807, 2.05) is 13.0 Å². The van der Waals surface area contributed by atoms with E-state index in [2.05, 4.69) is 15.9 Å². The monoisotopic (exact) mass is 443 g/mol. The third kappa shape index (κ3) is 3.10. The minimum Gasteiger partial charge on any atom is -0.454 e. The Balaban J connectivity index is 1.57. The second-order valence-corrected chi connectivity index (χ2v) is 7.58. The second kappa shape index (κ2) is 7.07. The van der Waals surface area contributed by atoms with Gasteiger partial charge < -0.3 is 19.5 Å². The number of halogens is 1. The first kappa shape index (κ1) is 18.7. The molecule has 0 aliphatic carbocycles. The van der Waals surface area contributed by atoms with Crippen molar-refractivity contribution < 1.29 is 24.2 Å². The average molecular weight is 444 g/mol. The average Bonchev–Trinajstić information content (AvgIpc) is 3.22. The first-order chi connectivity index (χ1) is 13.4. The summed E-state index contributed by atoms with van der Waals surface area (Å²) in [4.78, 5) is 26.9. The Hall–Kier alpha value is -2.64. The Morgan fingerprint density at radius 3 is 2.82 bits per heavy atom. The standard InChI is InChI=1S/C21H18BrNO5/c1-2-23-17-7-5-14(22)10-16(17)21(26,20(23)25)11-15(24)6-3-13-4-8-18-19(9-13)28-12-27-18/h3-10,26H,2,11-12H2,1H3. The van der Waals surface area contributed by atoms with E-state index in [1.54, 1.807) is 36.4 Å². The van der Waals surface area contributed by atoms with Crippen LogP contribution in [0.25, 0.3) is 6.08 Å². The van der Waals surface area contributed by atoms with Gasteiger partial charge in [-0.15, -0.1) is 0 Å². The summed E-state index contributed by atoms with van der Waals surface area (Å²) in [7, 11) is 0. The SMILES string of the molecule is CCN1C(=O)C(O)(CC(=O)C=Cc2ccc3c(c2)OCO3)c2cc(Br)ccc21. The van der Waals surface area contributed by atoms with Crippen LogP contribution < -0.4 is 14.4 Å². The highest BCUT2D eigenvalue weighted by Crippen LogP contribution is 2.43. The zero-order valence-electron chi connectivity index (χ0n) is 15.1. The molecule has 0 spiro atoms. The summed E-state index contributed by atoms with van der Waals surface area (Å²) in [5.41, 5.74) is -0.0317. The molecule has 0 radical (unpaired) electrons. The largest absolute Gasteiger partial charge is 0.454 e. The third-order valence-electron chi connectivity index (χ3n) is 4.90. The molecule has 2 aliphatic heterocycles. The summed E-state index contributed by atoms with van der Waals surface area (Å²) in [6.45, 7) is 2.42. The van der Waals surface area contributed by atoms with E-state index >= 15 is 0 Å². The number of carbonyl (C=O) groups is 2. The molecule has 0 aromatic heterocycles. The van der Waals surface area contributed by atoms with Gasteiger partial charge in [-0.1, -0.05) is 28.1 Å². The van der Waals surface area contributed by atoms with Gasteiger partial charge in [-0.25, -0.2) is 0 Å². The number of benzene rings is 2. The lowest BCUT2D eigenvalue weighted by atomic mass is 9.89. The predicted octanol–water partition coefficient (Wildman–Crippen LogP) is 3.40. The third-order valence-corrected chi connectivity index (χ3v) is 5.39. The molecule has 2 aromatic carbocycles. The molecule has 0 fully saturated rings. The maximum atomic E-state index is 12.8. The fourth-order valence-corrected chi connectivity index (χ4v) is 3.89. The molecular weight excluding hydrogens is 426 g/mol. The van der Waals surface area contributed by atoms with E-state index in [4.69, 9.17) is 9.47 Å². The lowest BCUT2D eigenvalue weighted by Crippen LogP contribution is -2.41. The predicted molar refractivity (Wildman–Crippen MR) is 107 cm³/mol. The van der Waals surface area contributed by atoms with Gasteiger partial charge in [0.05, 0.1) is 12.1 Å². The van der Waals surface area contributed by atoms with Crippen LogP contribution in [0.3, 0.4) is 0 Å². The van der Waals surface area contributed by atoms with E-state index in [0.717, 1.165) is 10.0 Å². The van der Waals surface area contributed by atoms with Crippen molar-refractivity contribution in [2.75, 3.05) is 18.2 Å². The van der Waals surface area contributed by atoms with Crippen LogP contribution in [-0.4, -0.2) is 30.1 Å². The number of aliphatic hydroxyl groups is 1. The van der Waals surface area contributed by atoms with Crippen molar-refractivity contribution in [3.8, 4) is 11.5 Å². The van der Waals surface area contributed by atoms with E-state index in [-0.39, 0.29) is 19.0 Å². The summed E-state index contributed by atoms with van der Waals surface area (Å²) in [5.74, 6) is 0.457. The molecule has 0 bridgehead atoms. The number of allylic oxidation sites excluding steroid dienone is 1. The molecule has 1 amide bonds. The Morgan fingerprint density at radius 1 is 1.25 bits per heavy atom. The van der Waals surface area contributed by atoms with Crippen molar-refractivity contribution in [2.24, 2.45) is 0 Å². The normalized spacial score (nSPS) is 20.1. The Labute approximate surface area is 170 Å². The first-order valence-corrected chi connectivity index (χ1v) is 9.66. The summed E-state index contributed by atoms with van der Waals surface area (Å²) in [5, 5.41) is 11.1. The molecule has 1 N–H and O–H groups in total. The van der Waals surface area contributed by atoms with Gasteiger partial charge in [-0.3, -0.25) is 9.59 Å². The van der Waals surface area contributed by atoms with Crippen LogP contribution in [0, 0.1) is 0 Å². The van der Waals surface area contributed by atoms with E-state index in [9.17, 15) is 14.7 Å². The van der Waals surface area contributed by atoms with Crippen molar-refractivity contribution >= 4 is 39.4 Å². The molecule has 2 heterocycles. The number of anilines is 1. The summed E-state index contributed by atoms with van der Waals surface area (Å²) in [6, 6.07) is 10.6. The van der Waals surface area contributed by atoms with Gasteiger partial charge in [0, 0.05) is 16.6 Å². The fraction of sp³-hybridized carbons (Fsp3) is 0.238. The van der Waals surface area contributed by atoms with Crippen molar-refractivity contribution in [3.63, 3.8) is 0 Å². The van der Waals surface area contributed by atoms with E-state index in [1.165, 1.54) is 11.0 Å². The number of ether oxygens (including phenoxy) is 2. The lowest BCUT2D eigenvalue weighted by Gasteiger charge is -2.21. The van der Waals surface area contributed by atoms with Crippen LogP contribution >= 0.6 is 15.9 Å². The summed E-state index contributed by atoms with van der Waals surface area (Å²) >= 11 is 3.37. The van der Waals surface area contributed by atoms with Gasteiger partial charge in [0.1, 0.15) is 0 Å². The minimum atomic E-state index is -1.87. The zero-order chi connectivity index (χ0) is 19.9. The van der Waals surface area contributed by atoms with Gasteiger partial charge >= 0.3 is 0 Å². The van der Waals surface area contributed by atoms with Crippen LogP contribution in [0.4, 0.5) is 5.69 Å². The highest BCUT2D eigenvalue weighted by Gasteiger charge is 2.50. The number of carbonyl (C=O) groups excluding carboxylic acids is 2. The number of fused-ring (bicyclic) bond motifs is 2. The molecule has 28 heavy (non-hydrogen) atoms. The number of hydrogen-bond acceptors (Lipinski definition) is 5. The highest BCUT2D eigenvalue weighted by molar-refractivity contribution is 9.10. The zero-order valence-corrected chi connectivity index (χ0v) is 16.7. The number of likely N-dealkylation sites (N-methyl/N-ethyl adjacent to an activating group) is 1. The molecule has 0 saturated heterocycles. The minimum absolute atomic E-state index is 0.180. The molecule has 144 valence electrons. The Morgan fingerprint density at radius 2 is 2.04 bits per heavy atom. The maximum Gasteiger partial charge on any atom is 0.264 e. The van der Waals surface area contributed by atoms with Crippen LogP contribution in [-0.2, 0) is 15.2 Å². The Kier molecular flexibility index (Phi) is 4.72. The molecule has 2 aliphatic rings. The van der Waals surface area contributed by atoms with Crippen LogP contribution in [0.5, 0.6) is 11.5 Å². The van der Waals surface area contributed by atoms with Gasteiger partial charge in [0.15, 0.2) is 22.9 Å². The lowest BCUT2D eigenvalue weighted by molar-refractivity contribution is -0.140. The second-order valence-electron chi connectivity index (χ2n) is 6.66. The molecular formula is C21H18BrNO5. The van der Waals surface area contributed by atoms with Crippen molar-refractivity contribution in [1.82, 2.24) is 0 Å². The van der Waals surface area contributed by atoms with Crippen molar-refractivity contribution in [3.05, 3.63) is 58.1 Å². The number of rotatable bonds is 5. The van der Waals surface area contributed by atoms with E-state index in [0.29, 0.717) is 29.3 Å². The number of nitrogens with zero attached hydrogens (tertiary/aromatic N) is 1. The molecule has 0 saturated carbocycles. The number of amides is 1. The van der Waals surface area contributed by atoms with E-state index < -0.39 is 11.5 Å². The Bertz CT molecular complexity index is 1000. The molecule has 6 nitrogen and oxygen atoms in total. The molecule has 1 unspecified atom stereocenters. The van der Waals surface area contributed by atoms with Gasteiger partial charge in [-0.2, -0.15) is 0 Å². The number of hydrogen-bond donors (Lipinski definition) is 1. The topological polar surface area (TPSA) is 76.1 Å². The van der Waals surface area contributed by atoms with Gasteiger partial charge in [0.25, 0.3) is 5.91 Å². The molecule has 1 atom stereocenters. The summed E-state index contributed by atoms with van der Waals surface area (Å²) in [6.07, 6.45) is 2.67. The van der Waals surface area contributed by atoms with Gasteiger partial charge in [0.2, 0.25) is 6.79 Å². The number of ketones is 1. The van der Waals surface area contributed by atoms with Crippen molar-refractivity contribution in [1.29, 1.82) is 0 Å². The van der Waals surface area contributed by atoms with Crippen LogP contribution in [0.15, 0.2) is 46.9 Å². The molecule has 7 heteroatoms. The maximum absolute atomic E-state index is 12.8. The van der Waals surface area contributed by atoms with Crippen molar-refractivity contribution in [2.45, 2.75) is 18.9 Å². The smallest absolute Gasteiger partial charge is 0.264 e. The quantitative estimate of drug-likeness (QED) is 0.716. The van der Waals surface area contributed by atoms with Gasteiger partial charge in [-0.05, 0) is 48.9 Å². The highest BCUT2D eigenvalue weighted by atomic mass is 79.9.